The van der Waals surface area contributed by atoms with Crippen molar-refractivity contribution in [1.29, 1.82) is 0 Å². The van der Waals surface area contributed by atoms with Gasteiger partial charge in [-0.05, 0) is 43.9 Å². The molecule has 0 fully saturated rings. The van der Waals surface area contributed by atoms with Crippen LogP contribution in [0.4, 0.5) is 0 Å². The van der Waals surface area contributed by atoms with Gasteiger partial charge in [-0.2, -0.15) is 0 Å². The van der Waals surface area contributed by atoms with E-state index in [2.05, 4.69) is 19.9 Å². The number of furan rings is 1. The van der Waals surface area contributed by atoms with Crippen molar-refractivity contribution in [2.24, 2.45) is 0 Å². The van der Waals surface area contributed by atoms with Crippen LogP contribution in [0.25, 0.3) is 21.9 Å². The third kappa shape index (κ3) is 2.03. The average molecular weight is 270 g/mol. The van der Waals surface area contributed by atoms with Crippen molar-refractivity contribution in [3.63, 3.8) is 0 Å². The van der Waals surface area contributed by atoms with Crippen LogP contribution in [-0.2, 0) is 6.42 Å². The Balaban J connectivity index is 2.33. The maximum atomic E-state index is 11.7. The number of unbranched alkanes of at least 4 members (excludes halogenated alkanes) is 1. The molecule has 3 nitrogen and oxygen atoms in total. The van der Waals surface area contributed by atoms with Crippen molar-refractivity contribution in [3.8, 4) is 0 Å². The van der Waals surface area contributed by atoms with Gasteiger partial charge in [0.2, 0.25) is 0 Å². The first kappa shape index (κ1) is 13.0. The Morgan fingerprint density at radius 2 is 1.75 bits per heavy atom. The van der Waals surface area contributed by atoms with Gasteiger partial charge >= 0.3 is 5.63 Å². The minimum atomic E-state index is -0.289. The van der Waals surface area contributed by atoms with E-state index in [4.69, 9.17) is 8.83 Å². The highest BCUT2D eigenvalue weighted by Crippen LogP contribution is 2.30. The van der Waals surface area contributed by atoms with Crippen LogP contribution in [-0.4, -0.2) is 0 Å². The van der Waals surface area contributed by atoms with Crippen LogP contribution in [0, 0.1) is 13.8 Å². The number of rotatable bonds is 3. The van der Waals surface area contributed by atoms with Gasteiger partial charge in [-0.25, -0.2) is 4.79 Å². The van der Waals surface area contributed by atoms with Crippen LogP contribution in [0.15, 0.2) is 31.8 Å². The molecule has 0 spiro atoms. The van der Waals surface area contributed by atoms with E-state index < -0.39 is 0 Å². The molecule has 3 heteroatoms. The molecule has 104 valence electrons. The Labute approximate surface area is 117 Å². The molecule has 0 unspecified atom stereocenters. The molecule has 0 saturated carbocycles. The first-order valence-corrected chi connectivity index (χ1v) is 7.06. The fourth-order valence-corrected chi connectivity index (χ4v) is 2.64. The molecule has 0 radical (unpaired) electrons. The average Bonchev–Trinajstić information content (AvgIpc) is 2.69. The lowest BCUT2D eigenvalue weighted by atomic mass is 10.0. The van der Waals surface area contributed by atoms with Crippen molar-refractivity contribution < 1.29 is 8.83 Å². The fraction of sp³-hybridized carbons (Fsp3) is 0.353. The van der Waals surface area contributed by atoms with Crippen LogP contribution in [0.3, 0.4) is 0 Å². The topological polar surface area (TPSA) is 43.4 Å². The third-order valence-electron chi connectivity index (χ3n) is 3.93. The molecule has 0 N–H and O–H groups in total. The minimum Gasteiger partial charge on any atom is -0.461 e. The molecule has 20 heavy (non-hydrogen) atoms. The quantitative estimate of drug-likeness (QED) is 0.658. The maximum absolute atomic E-state index is 11.7. The van der Waals surface area contributed by atoms with E-state index in [9.17, 15) is 4.79 Å². The Bertz CT molecular complexity index is 837. The second kappa shape index (κ2) is 4.82. The summed E-state index contributed by atoms with van der Waals surface area (Å²) in [6.07, 6.45) is 3.08. The Morgan fingerprint density at radius 1 is 1.00 bits per heavy atom. The number of benzene rings is 1. The van der Waals surface area contributed by atoms with Gasteiger partial charge in [-0.1, -0.05) is 13.3 Å². The van der Waals surface area contributed by atoms with Crippen molar-refractivity contribution in [2.75, 3.05) is 0 Å². The molecule has 0 aliphatic heterocycles. The van der Waals surface area contributed by atoms with Crippen LogP contribution in [0.1, 0.15) is 36.7 Å². The van der Waals surface area contributed by atoms with Gasteiger partial charge in [0.1, 0.15) is 16.9 Å². The molecule has 0 amide bonds. The Kier molecular flexibility index (Phi) is 3.13. The predicted octanol–water partition coefficient (Wildman–Crippen LogP) is 4.50. The van der Waals surface area contributed by atoms with E-state index >= 15 is 0 Å². The van der Waals surface area contributed by atoms with Crippen molar-refractivity contribution in [1.82, 2.24) is 0 Å². The first-order chi connectivity index (χ1) is 9.60. The standard InChI is InChI=1S/C17H18O3/c1-4-5-6-12-7-17(18)20-16-9-15-13(8-14(12)16)10(2)11(3)19-15/h7-9H,4-6H2,1-3H3. The highest BCUT2D eigenvalue weighted by Gasteiger charge is 2.12. The molecular weight excluding hydrogens is 252 g/mol. The summed E-state index contributed by atoms with van der Waals surface area (Å²) in [7, 11) is 0. The largest absolute Gasteiger partial charge is 0.461 e. The monoisotopic (exact) mass is 270 g/mol. The Hall–Kier alpha value is -2.03. The molecule has 0 atom stereocenters. The summed E-state index contributed by atoms with van der Waals surface area (Å²) in [5, 5.41) is 2.12. The molecular formula is C17H18O3. The lowest BCUT2D eigenvalue weighted by Crippen LogP contribution is -2.00. The van der Waals surface area contributed by atoms with Gasteiger partial charge in [-0.15, -0.1) is 0 Å². The van der Waals surface area contributed by atoms with Crippen LogP contribution >= 0.6 is 0 Å². The molecule has 3 aromatic rings. The van der Waals surface area contributed by atoms with Crippen LogP contribution in [0.2, 0.25) is 0 Å². The smallest absolute Gasteiger partial charge is 0.336 e. The van der Waals surface area contributed by atoms with E-state index in [1.165, 1.54) is 0 Å². The van der Waals surface area contributed by atoms with Gasteiger partial charge in [0.25, 0.3) is 0 Å². The van der Waals surface area contributed by atoms with Gasteiger partial charge < -0.3 is 8.83 Å². The van der Waals surface area contributed by atoms with Gasteiger partial charge in [0, 0.05) is 22.9 Å². The number of aryl methyl sites for hydroxylation is 3. The van der Waals surface area contributed by atoms with Gasteiger partial charge in [-0.3, -0.25) is 0 Å². The Morgan fingerprint density at radius 3 is 2.50 bits per heavy atom. The van der Waals surface area contributed by atoms with E-state index in [-0.39, 0.29) is 5.63 Å². The molecule has 0 aliphatic carbocycles. The number of hydrogen-bond donors (Lipinski definition) is 0. The van der Waals surface area contributed by atoms with Gasteiger partial charge in [0.15, 0.2) is 0 Å². The SMILES string of the molecule is CCCCc1cc(=O)oc2cc3oc(C)c(C)c3cc12. The van der Waals surface area contributed by atoms with E-state index in [0.717, 1.165) is 52.5 Å². The summed E-state index contributed by atoms with van der Waals surface area (Å²) < 4.78 is 11.0. The third-order valence-corrected chi connectivity index (χ3v) is 3.93. The summed E-state index contributed by atoms with van der Waals surface area (Å²) in [4.78, 5) is 11.7. The van der Waals surface area contributed by atoms with Gasteiger partial charge in [0.05, 0.1) is 0 Å². The lowest BCUT2D eigenvalue weighted by molar-refractivity contribution is 0.553. The number of hydrogen-bond acceptors (Lipinski definition) is 3. The zero-order valence-corrected chi connectivity index (χ0v) is 12.1. The molecule has 0 bridgehead atoms. The second-order valence-corrected chi connectivity index (χ2v) is 5.32. The molecule has 0 aliphatic rings. The zero-order valence-electron chi connectivity index (χ0n) is 12.1. The lowest BCUT2D eigenvalue weighted by Gasteiger charge is -2.04. The van der Waals surface area contributed by atoms with E-state index in [1.54, 1.807) is 6.07 Å². The minimum absolute atomic E-state index is 0.289. The highest BCUT2D eigenvalue weighted by atomic mass is 16.4. The summed E-state index contributed by atoms with van der Waals surface area (Å²) in [6, 6.07) is 5.54. The molecule has 2 heterocycles. The molecule has 2 aromatic heterocycles. The summed E-state index contributed by atoms with van der Waals surface area (Å²) >= 11 is 0. The predicted molar refractivity (Wildman–Crippen MR) is 80.3 cm³/mol. The van der Waals surface area contributed by atoms with Crippen molar-refractivity contribution >= 4 is 21.9 Å². The molecule has 1 aromatic carbocycles. The fourth-order valence-electron chi connectivity index (χ4n) is 2.64. The van der Waals surface area contributed by atoms with Crippen molar-refractivity contribution in [2.45, 2.75) is 40.0 Å². The van der Waals surface area contributed by atoms with Crippen LogP contribution < -0.4 is 5.63 Å². The zero-order chi connectivity index (χ0) is 14.3. The maximum Gasteiger partial charge on any atom is 0.336 e. The molecule has 3 rings (SSSR count). The van der Waals surface area contributed by atoms with E-state index in [1.807, 2.05) is 13.0 Å². The second-order valence-electron chi connectivity index (χ2n) is 5.32. The summed E-state index contributed by atoms with van der Waals surface area (Å²) in [6.45, 7) is 6.15. The van der Waals surface area contributed by atoms with E-state index in [0.29, 0.717) is 5.58 Å². The van der Waals surface area contributed by atoms with Crippen molar-refractivity contribution in [3.05, 3.63) is 45.5 Å². The first-order valence-electron chi connectivity index (χ1n) is 7.06. The van der Waals surface area contributed by atoms with Crippen LogP contribution in [0.5, 0.6) is 0 Å². The number of fused-ring (bicyclic) bond motifs is 2. The summed E-state index contributed by atoms with van der Waals surface area (Å²) in [5.41, 5.74) is 3.32. The summed E-state index contributed by atoms with van der Waals surface area (Å²) in [5.74, 6) is 0.910. The normalized spacial score (nSPS) is 11.6. The highest BCUT2D eigenvalue weighted by molar-refractivity contribution is 5.96. The molecule has 0 saturated heterocycles.